The van der Waals surface area contributed by atoms with Gasteiger partial charge in [0, 0.05) is 12.0 Å². The first-order valence-electron chi connectivity index (χ1n) is 6.38. The second kappa shape index (κ2) is 8.27. The van der Waals surface area contributed by atoms with E-state index in [1.54, 1.807) is 6.92 Å². The summed E-state index contributed by atoms with van der Waals surface area (Å²) in [5, 5.41) is 8.79. The van der Waals surface area contributed by atoms with Gasteiger partial charge in [-0.15, -0.1) is 0 Å². The van der Waals surface area contributed by atoms with Crippen LogP contribution in [0.5, 0.6) is 0 Å². The molecule has 0 amide bonds. The second-order valence-corrected chi connectivity index (χ2v) is 4.50. The van der Waals surface area contributed by atoms with Crippen LogP contribution in [0, 0.1) is 0 Å². The molecule has 0 spiro atoms. The molecule has 1 N–H and O–H groups in total. The first kappa shape index (κ1) is 16.1. The van der Waals surface area contributed by atoms with Gasteiger partial charge in [-0.05, 0) is 6.92 Å². The summed E-state index contributed by atoms with van der Waals surface area (Å²) in [5.41, 5.74) is 0.299. The Balaban J connectivity index is 0.000000190. The van der Waals surface area contributed by atoms with Crippen molar-refractivity contribution in [1.82, 2.24) is 0 Å². The van der Waals surface area contributed by atoms with Crippen LogP contribution in [0.2, 0.25) is 0 Å². The Bertz CT molecular complexity index is 284. The SMILES string of the molecule is C(OCC1CO1)C1CO1.C=C(C)C(=O)OC(O)CC. The average Bonchev–Trinajstić information content (AvgIpc) is 3.24. The van der Waals surface area contributed by atoms with Gasteiger partial charge in [-0.1, -0.05) is 13.5 Å². The van der Waals surface area contributed by atoms with Crippen molar-refractivity contribution in [3.05, 3.63) is 12.2 Å². The summed E-state index contributed by atoms with van der Waals surface area (Å²) < 4.78 is 19.6. The van der Waals surface area contributed by atoms with Gasteiger partial charge in [-0.2, -0.15) is 0 Å². The van der Waals surface area contributed by atoms with Crippen LogP contribution in [0.15, 0.2) is 12.2 Å². The molecule has 3 atom stereocenters. The highest BCUT2D eigenvalue weighted by molar-refractivity contribution is 5.86. The summed E-state index contributed by atoms with van der Waals surface area (Å²) in [4.78, 5) is 10.6. The molecule has 2 fully saturated rings. The maximum Gasteiger partial charge on any atom is 0.335 e. The van der Waals surface area contributed by atoms with E-state index in [0.29, 0.717) is 24.2 Å². The van der Waals surface area contributed by atoms with Gasteiger partial charge in [0.25, 0.3) is 0 Å². The highest BCUT2D eigenvalue weighted by atomic mass is 16.6. The lowest BCUT2D eigenvalue weighted by molar-refractivity contribution is -0.162. The Hall–Kier alpha value is -0.950. The van der Waals surface area contributed by atoms with E-state index in [-0.39, 0.29) is 0 Å². The molecule has 2 saturated heterocycles. The first-order chi connectivity index (χ1) is 9.02. The summed E-state index contributed by atoms with van der Waals surface area (Å²) in [6.07, 6.45) is 0.190. The zero-order valence-electron chi connectivity index (χ0n) is 11.5. The van der Waals surface area contributed by atoms with Gasteiger partial charge < -0.3 is 24.1 Å². The average molecular weight is 274 g/mol. The van der Waals surface area contributed by atoms with Crippen molar-refractivity contribution in [2.45, 2.75) is 38.8 Å². The van der Waals surface area contributed by atoms with Crippen LogP contribution in [0.1, 0.15) is 20.3 Å². The van der Waals surface area contributed by atoms with E-state index in [1.165, 1.54) is 6.92 Å². The molecule has 0 saturated carbocycles. The van der Waals surface area contributed by atoms with E-state index in [1.807, 2.05) is 0 Å². The number of carbonyl (C=O) groups is 1. The van der Waals surface area contributed by atoms with Crippen molar-refractivity contribution in [1.29, 1.82) is 0 Å². The number of rotatable bonds is 7. The molecule has 110 valence electrons. The Morgan fingerprint density at radius 3 is 2.16 bits per heavy atom. The summed E-state index contributed by atoms with van der Waals surface area (Å²) in [5.74, 6) is -0.547. The molecule has 19 heavy (non-hydrogen) atoms. The topological polar surface area (TPSA) is 80.8 Å². The Morgan fingerprint density at radius 2 is 1.84 bits per heavy atom. The summed E-state index contributed by atoms with van der Waals surface area (Å²) in [6.45, 7) is 9.87. The summed E-state index contributed by atoms with van der Waals surface area (Å²) >= 11 is 0. The third-order valence-electron chi connectivity index (χ3n) is 2.35. The van der Waals surface area contributed by atoms with Gasteiger partial charge >= 0.3 is 5.97 Å². The summed E-state index contributed by atoms with van der Waals surface area (Å²) in [6, 6.07) is 0. The Kier molecular flexibility index (Phi) is 7.01. The van der Waals surface area contributed by atoms with Crippen LogP contribution >= 0.6 is 0 Å². The van der Waals surface area contributed by atoms with Crippen LogP contribution in [-0.2, 0) is 23.7 Å². The van der Waals surface area contributed by atoms with Gasteiger partial charge in [0.2, 0.25) is 6.29 Å². The van der Waals surface area contributed by atoms with Gasteiger partial charge in [0.15, 0.2) is 0 Å². The van der Waals surface area contributed by atoms with Gasteiger partial charge in [0.05, 0.1) is 26.4 Å². The number of aliphatic hydroxyl groups excluding tert-OH is 1. The molecule has 2 aliphatic rings. The minimum Gasteiger partial charge on any atom is -0.433 e. The number of ether oxygens (including phenoxy) is 4. The van der Waals surface area contributed by atoms with Gasteiger partial charge in [-0.3, -0.25) is 0 Å². The van der Waals surface area contributed by atoms with Crippen LogP contribution in [0.4, 0.5) is 0 Å². The van der Waals surface area contributed by atoms with E-state index in [0.717, 1.165) is 26.4 Å². The predicted molar refractivity (Wildman–Crippen MR) is 67.5 cm³/mol. The molecule has 3 unspecified atom stereocenters. The smallest absolute Gasteiger partial charge is 0.335 e. The molecule has 2 rings (SSSR count). The third-order valence-corrected chi connectivity index (χ3v) is 2.35. The predicted octanol–water partition coefficient (Wildman–Crippen LogP) is 0.635. The van der Waals surface area contributed by atoms with Crippen LogP contribution in [0.25, 0.3) is 0 Å². The van der Waals surface area contributed by atoms with E-state index >= 15 is 0 Å². The molecule has 6 heteroatoms. The number of aliphatic hydroxyl groups is 1. The molecule has 0 aromatic rings. The quantitative estimate of drug-likeness (QED) is 0.317. The van der Waals surface area contributed by atoms with Crippen LogP contribution in [-0.4, -0.2) is 56.0 Å². The number of epoxide rings is 2. The molecule has 0 aromatic heterocycles. The molecule has 0 bridgehead atoms. The zero-order valence-corrected chi connectivity index (χ0v) is 11.5. The van der Waals surface area contributed by atoms with Crippen molar-refractivity contribution in [2.75, 3.05) is 26.4 Å². The fraction of sp³-hybridized carbons (Fsp3) is 0.769. The largest absolute Gasteiger partial charge is 0.433 e. The van der Waals surface area contributed by atoms with Gasteiger partial charge in [-0.25, -0.2) is 4.79 Å². The minimum atomic E-state index is -0.996. The van der Waals surface area contributed by atoms with Crippen LogP contribution < -0.4 is 0 Å². The Labute approximate surface area is 113 Å². The summed E-state index contributed by atoms with van der Waals surface area (Å²) in [7, 11) is 0. The van der Waals surface area contributed by atoms with Crippen LogP contribution in [0.3, 0.4) is 0 Å². The third kappa shape index (κ3) is 8.72. The highest BCUT2D eigenvalue weighted by Crippen LogP contribution is 2.12. The molecule has 6 nitrogen and oxygen atoms in total. The van der Waals surface area contributed by atoms with Gasteiger partial charge in [0.1, 0.15) is 12.2 Å². The maximum absolute atomic E-state index is 10.6. The minimum absolute atomic E-state index is 0.299. The highest BCUT2D eigenvalue weighted by Gasteiger charge is 2.26. The Morgan fingerprint density at radius 1 is 1.37 bits per heavy atom. The zero-order chi connectivity index (χ0) is 14.3. The van der Waals surface area contributed by atoms with E-state index < -0.39 is 12.3 Å². The van der Waals surface area contributed by atoms with E-state index in [4.69, 9.17) is 19.3 Å². The fourth-order valence-corrected chi connectivity index (χ4v) is 0.967. The maximum atomic E-state index is 10.6. The van der Waals surface area contributed by atoms with Crippen molar-refractivity contribution in [2.24, 2.45) is 0 Å². The number of carbonyl (C=O) groups excluding carboxylic acids is 1. The molecular formula is C13H22O6. The molecule has 2 heterocycles. The number of hydrogen-bond donors (Lipinski definition) is 1. The van der Waals surface area contributed by atoms with Crippen molar-refractivity contribution in [3.8, 4) is 0 Å². The molecule has 0 aliphatic carbocycles. The number of hydrogen-bond acceptors (Lipinski definition) is 6. The normalized spacial score (nSPS) is 24.8. The lowest BCUT2D eigenvalue weighted by Crippen LogP contribution is -2.16. The molecular weight excluding hydrogens is 252 g/mol. The molecule has 0 radical (unpaired) electrons. The van der Waals surface area contributed by atoms with E-state index in [2.05, 4.69) is 11.3 Å². The van der Waals surface area contributed by atoms with Crippen molar-refractivity contribution >= 4 is 5.97 Å². The van der Waals surface area contributed by atoms with Crippen molar-refractivity contribution < 1.29 is 28.8 Å². The molecule has 2 aliphatic heterocycles. The molecule has 0 aromatic carbocycles. The fourth-order valence-electron chi connectivity index (χ4n) is 0.967. The van der Waals surface area contributed by atoms with E-state index in [9.17, 15) is 4.79 Å². The lowest BCUT2D eigenvalue weighted by Gasteiger charge is -2.08. The standard InChI is InChI=1S/C7H12O3.C6H10O3/c1-4-6(8)10-7(9)5(2)3;1(5-3-8-5)7-2-6-4-9-6/h6,8H,2,4H2,1,3H3;5-6H,1-4H2. The van der Waals surface area contributed by atoms with Crippen molar-refractivity contribution in [3.63, 3.8) is 0 Å². The monoisotopic (exact) mass is 274 g/mol. The lowest BCUT2D eigenvalue weighted by atomic mass is 10.3. The first-order valence-corrected chi connectivity index (χ1v) is 6.38. The second-order valence-electron chi connectivity index (χ2n) is 4.50. The number of esters is 1.